The third-order valence-corrected chi connectivity index (χ3v) is 6.80. The lowest BCUT2D eigenvalue weighted by molar-refractivity contribution is 0.0711. The number of ether oxygens (including phenoxy) is 1. The van der Waals surface area contributed by atoms with E-state index in [1.54, 1.807) is 31.0 Å². The van der Waals surface area contributed by atoms with Crippen LogP contribution < -0.4 is 10.2 Å². The Morgan fingerprint density at radius 1 is 1.15 bits per heavy atom. The number of pyridine rings is 2. The Balaban J connectivity index is 1.43. The van der Waals surface area contributed by atoms with E-state index < -0.39 is 11.5 Å². The van der Waals surface area contributed by atoms with E-state index in [4.69, 9.17) is 14.1 Å². The number of rotatable bonds is 7. The first-order chi connectivity index (χ1) is 19.1. The van der Waals surface area contributed by atoms with Crippen LogP contribution in [0.3, 0.4) is 0 Å². The molecule has 12 heteroatoms. The Bertz CT molecular complexity index is 1530. The van der Waals surface area contributed by atoms with Gasteiger partial charge >= 0.3 is 6.09 Å². The van der Waals surface area contributed by atoms with Crippen molar-refractivity contribution in [3.63, 3.8) is 0 Å². The van der Waals surface area contributed by atoms with Crippen molar-refractivity contribution < 1.29 is 23.8 Å². The predicted molar refractivity (Wildman–Crippen MR) is 148 cm³/mol. The van der Waals surface area contributed by atoms with Gasteiger partial charge in [-0.25, -0.2) is 14.8 Å². The summed E-state index contributed by atoms with van der Waals surface area (Å²) < 4.78 is 12.3. The van der Waals surface area contributed by atoms with Crippen LogP contribution in [-0.2, 0) is 11.2 Å². The van der Waals surface area contributed by atoms with E-state index in [-0.39, 0.29) is 11.8 Å². The first kappa shape index (κ1) is 27.1. The molecule has 0 atom stereocenters. The summed E-state index contributed by atoms with van der Waals surface area (Å²) in [7, 11) is 1.37. The maximum atomic E-state index is 13.3. The Hall–Kier alpha value is -4.45. The molecule has 0 unspecified atom stereocenters. The van der Waals surface area contributed by atoms with Crippen molar-refractivity contribution in [2.24, 2.45) is 0 Å². The third kappa shape index (κ3) is 6.07. The van der Waals surface area contributed by atoms with Gasteiger partial charge in [0.05, 0.1) is 29.8 Å². The van der Waals surface area contributed by atoms with Crippen LogP contribution in [0.15, 0.2) is 47.5 Å². The number of aliphatic hydroxyl groups is 1. The average molecular weight is 548 g/mol. The number of fused-ring (bicyclic) bond motifs is 1. The number of aryl methyl sites for hydroxylation is 2. The van der Waals surface area contributed by atoms with Gasteiger partial charge < -0.3 is 33.8 Å². The van der Waals surface area contributed by atoms with E-state index in [9.17, 15) is 14.7 Å². The summed E-state index contributed by atoms with van der Waals surface area (Å²) in [4.78, 5) is 42.4. The maximum Gasteiger partial charge on any atom is 0.409 e. The second-order valence-corrected chi connectivity index (χ2v) is 10.5. The van der Waals surface area contributed by atoms with Gasteiger partial charge in [-0.2, -0.15) is 0 Å². The second kappa shape index (κ2) is 11.0. The summed E-state index contributed by atoms with van der Waals surface area (Å²) in [5.41, 5.74) is 3.78. The van der Waals surface area contributed by atoms with E-state index in [1.807, 2.05) is 35.9 Å². The number of amides is 2. The Morgan fingerprint density at radius 3 is 2.62 bits per heavy atom. The fourth-order valence-corrected chi connectivity index (χ4v) is 4.62. The summed E-state index contributed by atoms with van der Waals surface area (Å²) >= 11 is 0. The minimum atomic E-state index is -0.801. The van der Waals surface area contributed by atoms with Gasteiger partial charge in [-0.3, -0.25) is 9.78 Å². The number of carbonyl (C=O) groups excluding carboxylic acids is 2. The number of hydrogen-bond donors (Lipinski definition) is 2. The summed E-state index contributed by atoms with van der Waals surface area (Å²) in [6.45, 7) is 7.48. The van der Waals surface area contributed by atoms with Crippen LogP contribution in [0.1, 0.15) is 42.1 Å². The lowest BCUT2D eigenvalue weighted by Crippen LogP contribution is -2.49. The van der Waals surface area contributed by atoms with Gasteiger partial charge in [0.2, 0.25) is 5.89 Å². The van der Waals surface area contributed by atoms with Crippen molar-refractivity contribution in [2.75, 3.05) is 43.5 Å². The molecule has 210 valence electrons. The van der Waals surface area contributed by atoms with Gasteiger partial charge in [-0.15, -0.1) is 0 Å². The SMILES string of the molecule is COC(=O)N1CCN(c2cc3nc(CCC(C)(C)O)cn3cc2NC(=O)c2coc(-c3ccnc(C)c3)n2)CC1. The van der Waals surface area contributed by atoms with E-state index in [0.29, 0.717) is 56.2 Å². The molecular formula is C28H33N7O5. The lowest BCUT2D eigenvalue weighted by atomic mass is 10.0. The fraction of sp³-hybridized carbons (Fsp3) is 0.393. The molecule has 0 aromatic carbocycles. The zero-order valence-electron chi connectivity index (χ0n) is 23.0. The number of nitrogens with one attached hydrogen (secondary N) is 1. The van der Waals surface area contributed by atoms with Gasteiger partial charge in [-0.1, -0.05) is 0 Å². The first-order valence-corrected chi connectivity index (χ1v) is 13.1. The van der Waals surface area contributed by atoms with Gasteiger partial charge in [0, 0.05) is 62.1 Å². The second-order valence-electron chi connectivity index (χ2n) is 10.5. The Labute approximate surface area is 231 Å². The van der Waals surface area contributed by atoms with E-state index in [2.05, 4.69) is 20.2 Å². The molecule has 2 N–H and O–H groups in total. The molecule has 1 fully saturated rings. The highest BCUT2D eigenvalue weighted by Gasteiger charge is 2.25. The summed E-state index contributed by atoms with van der Waals surface area (Å²) in [5.74, 6) is -0.0896. The quantitative estimate of drug-likeness (QED) is 0.356. The number of nitrogens with zero attached hydrogens (tertiary/aromatic N) is 6. The van der Waals surface area contributed by atoms with Crippen molar-refractivity contribution in [1.29, 1.82) is 0 Å². The fourth-order valence-electron chi connectivity index (χ4n) is 4.62. The van der Waals surface area contributed by atoms with Gasteiger partial charge in [-0.05, 0) is 45.7 Å². The smallest absolute Gasteiger partial charge is 0.409 e. The topological polar surface area (TPSA) is 138 Å². The standard InChI is InChI=1S/C28H33N7O5/c1-18-13-19(6-8-29-18)26-32-22(17-40-26)25(36)31-21-16-35-15-20(5-7-28(2,3)38)30-24(35)14-23(21)33-9-11-34(12-10-33)27(37)39-4/h6,8,13-17,38H,5,7,9-12H2,1-4H3,(H,31,36). The molecular weight excluding hydrogens is 514 g/mol. The molecule has 4 aromatic heterocycles. The highest BCUT2D eigenvalue weighted by atomic mass is 16.5. The van der Waals surface area contributed by atoms with Crippen molar-refractivity contribution in [3.05, 3.63) is 60.1 Å². The number of oxazole rings is 1. The summed E-state index contributed by atoms with van der Waals surface area (Å²) in [6, 6.07) is 5.53. The number of methoxy groups -OCH3 is 1. The molecule has 40 heavy (non-hydrogen) atoms. The first-order valence-electron chi connectivity index (χ1n) is 13.1. The van der Waals surface area contributed by atoms with Crippen molar-refractivity contribution >= 4 is 29.0 Å². The normalized spacial score (nSPS) is 14.0. The average Bonchev–Trinajstić information content (AvgIpc) is 3.58. The molecule has 0 saturated carbocycles. The van der Waals surface area contributed by atoms with Crippen LogP contribution in [0.2, 0.25) is 0 Å². The molecule has 0 radical (unpaired) electrons. The third-order valence-electron chi connectivity index (χ3n) is 6.80. The zero-order chi connectivity index (χ0) is 28.4. The minimum absolute atomic E-state index is 0.141. The highest BCUT2D eigenvalue weighted by Crippen LogP contribution is 2.30. The van der Waals surface area contributed by atoms with Gasteiger partial charge in [0.1, 0.15) is 11.9 Å². The van der Waals surface area contributed by atoms with Gasteiger partial charge in [0.15, 0.2) is 5.69 Å². The number of anilines is 2. The van der Waals surface area contributed by atoms with Crippen LogP contribution in [0, 0.1) is 6.92 Å². The Kier molecular flexibility index (Phi) is 7.44. The van der Waals surface area contributed by atoms with Crippen molar-refractivity contribution in [2.45, 2.75) is 39.2 Å². The van der Waals surface area contributed by atoms with Crippen molar-refractivity contribution in [3.8, 4) is 11.5 Å². The molecule has 12 nitrogen and oxygen atoms in total. The van der Waals surface area contributed by atoms with Crippen LogP contribution in [-0.4, -0.2) is 80.2 Å². The number of aromatic nitrogens is 4. The maximum absolute atomic E-state index is 13.3. The number of imidazole rings is 1. The zero-order valence-corrected chi connectivity index (χ0v) is 23.0. The molecule has 0 spiro atoms. The van der Waals surface area contributed by atoms with Gasteiger partial charge in [0.25, 0.3) is 5.91 Å². The van der Waals surface area contributed by atoms with Crippen LogP contribution >= 0.6 is 0 Å². The molecule has 5 heterocycles. The number of carbonyl (C=O) groups is 2. The van der Waals surface area contributed by atoms with E-state index in [1.165, 1.54) is 13.4 Å². The monoisotopic (exact) mass is 547 g/mol. The lowest BCUT2D eigenvalue weighted by Gasteiger charge is -2.36. The number of piperazine rings is 1. The number of hydrogen-bond acceptors (Lipinski definition) is 9. The summed E-state index contributed by atoms with van der Waals surface area (Å²) in [6.07, 6.45) is 7.53. The molecule has 4 aromatic rings. The molecule has 0 bridgehead atoms. The molecule has 5 rings (SSSR count). The van der Waals surface area contributed by atoms with E-state index >= 15 is 0 Å². The van der Waals surface area contributed by atoms with Crippen LogP contribution in [0.5, 0.6) is 0 Å². The highest BCUT2D eigenvalue weighted by molar-refractivity contribution is 6.05. The van der Waals surface area contributed by atoms with Crippen LogP contribution in [0.25, 0.3) is 17.1 Å². The summed E-state index contributed by atoms with van der Waals surface area (Å²) in [5, 5.41) is 13.1. The van der Waals surface area contributed by atoms with Crippen LogP contribution in [0.4, 0.5) is 16.2 Å². The molecule has 0 aliphatic carbocycles. The molecule has 1 aliphatic rings. The minimum Gasteiger partial charge on any atom is -0.453 e. The molecule has 1 aliphatic heterocycles. The molecule has 2 amide bonds. The van der Waals surface area contributed by atoms with E-state index in [0.717, 1.165) is 22.6 Å². The molecule has 1 saturated heterocycles. The Morgan fingerprint density at radius 2 is 1.93 bits per heavy atom. The largest absolute Gasteiger partial charge is 0.453 e. The van der Waals surface area contributed by atoms with Crippen molar-refractivity contribution in [1.82, 2.24) is 24.3 Å². The predicted octanol–water partition coefficient (Wildman–Crippen LogP) is 3.54.